The first-order chi connectivity index (χ1) is 10.7. The summed E-state index contributed by atoms with van der Waals surface area (Å²) in [5.74, 6) is -0.111. The van der Waals surface area contributed by atoms with E-state index in [0.717, 1.165) is 22.2 Å². The first-order valence-corrected chi connectivity index (χ1v) is 7.15. The highest BCUT2D eigenvalue weighted by Crippen LogP contribution is 2.41. The summed E-state index contributed by atoms with van der Waals surface area (Å²) in [5.41, 5.74) is 8.86. The number of halogens is 1. The molecule has 22 heavy (non-hydrogen) atoms. The van der Waals surface area contributed by atoms with Crippen LogP contribution in [0.5, 0.6) is 0 Å². The third kappa shape index (κ3) is 1.63. The molecule has 0 spiro atoms. The number of pyridine rings is 1. The van der Waals surface area contributed by atoms with Gasteiger partial charge in [-0.15, -0.1) is 0 Å². The second-order valence-electron chi connectivity index (χ2n) is 5.03. The zero-order valence-electron chi connectivity index (χ0n) is 11.5. The quantitative estimate of drug-likeness (QED) is 0.618. The molecule has 108 valence electrons. The number of hydrogen-bond acceptors (Lipinski definition) is 4. The molecule has 0 saturated heterocycles. The van der Waals surface area contributed by atoms with Gasteiger partial charge in [-0.25, -0.2) is 0 Å². The van der Waals surface area contributed by atoms with Gasteiger partial charge in [0.05, 0.1) is 28.2 Å². The summed E-state index contributed by atoms with van der Waals surface area (Å²) in [7, 11) is 0. The van der Waals surface area contributed by atoms with Crippen molar-refractivity contribution in [3.05, 3.63) is 59.0 Å². The molecule has 2 N–H and O–H groups in total. The van der Waals surface area contributed by atoms with Crippen LogP contribution < -0.4 is 5.73 Å². The Bertz CT molecular complexity index is 958. The molecular weight excluding hydrogens is 300 g/mol. The van der Waals surface area contributed by atoms with Crippen LogP contribution in [0, 0.1) is 0 Å². The smallest absolute Gasteiger partial charge is 0.197 e. The Labute approximate surface area is 131 Å². The summed E-state index contributed by atoms with van der Waals surface area (Å²) in [6, 6.07) is 5.41. The molecule has 0 unspecified atom stereocenters. The fourth-order valence-electron chi connectivity index (χ4n) is 2.87. The Balaban J connectivity index is 2.14. The molecule has 0 amide bonds. The van der Waals surface area contributed by atoms with E-state index in [-0.39, 0.29) is 5.78 Å². The molecule has 4 rings (SSSR count). The van der Waals surface area contributed by atoms with Crippen LogP contribution >= 0.6 is 11.6 Å². The van der Waals surface area contributed by atoms with Crippen LogP contribution in [0.3, 0.4) is 0 Å². The Hall–Kier alpha value is -2.66. The lowest BCUT2D eigenvalue weighted by molar-refractivity contribution is 0.104. The lowest BCUT2D eigenvalue weighted by atomic mass is 9.89. The van der Waals surface area contributed by atoms with E-state index in [0.29, 0.717) is 22.7 Å². The van der Waals surface area contributed by atoms with E-state index >= 15 is 0 Å². The van der Waals surface area contributed by atoms with Gasteiger partial charge in [0.2, 0.25) is 0 Å². The number of rotatable bonds is 2. The third-order valence-electron chi connectivity index (χ3n) is 3.83. The van der Waals surface area contributed by atoms with Crippen LogP contribution in [0.2, 0.25) is 5.02 Å². The van der Waals surface area contributed by atoms with Crippen LogP contribution in [0.25, 0.3) is 22.2 Å². The highest BCUT2D eigenvalue weighted by Gasteiger charge is 2.30. The van der Waals surface area contributed by atoms with Crippen molar-refractivity contribution in [1.82, 2.24) is 14.8 Å². The molecule has 5 nitrogen and oxygen atoms in total. The number of nitrogens with zero attached hydrogens (tertiary/aromatic N) is 3. The average Bonchev–Trinajstić information content (AvgIpc) is 2.91. The number of allylic oxidation sites excluding steroid dienone is 1. The lowest BCUT2D eigenvalue weighted by Gasteiger charge is -2.14. The van der Waals surface area contributed by atoms with Gasteiger partial charge in [0.25, 0.3) is 0 Å². The minimum absolute atomic E-state index is 0.111. The van der Waals surface area contributed by atoms with E-state index in [4.69, 9.17) is 17.3 Å². The van der Waals surface area contributed by atoms with E-state index in [1.54, 1.807) is 24.5 Å². The Morgan fingerprint density at radius 3 is 2.95 bits per heavy atom. The summed E-state index contributed by atoms with van der Waals surface area (Å²) in [5, 5.41) is 5.87. The summed E-state index contributed by atoms with van der Waals surface area (Å²) >= 11 is 6.27. The van der Waals surface area contributed by atoms with Crippen molar-refractivity contribution in [1.29, 1.82) is 0 Å². The SMILES string of the molecule is NC=CCn1nc2c3c(c(Cl)ccc31)C(=O)c1cnccc1-2. The molecule has 3 aromatic rings. The number of carbonyl (C=O) groups is 1. The van der Waals surface area contributed by atoms with Gasteiger partial charge < -0.3 is 5.73 Å². The number of carbonyl (C=O) groups excluding carboxylic acids is 1. The summed E-state index contributed by atoms with van der Waals surface area (Å²) in [6.07, 6.45) is 6.51. The predicted octanol–water partition coefficient (Wildman–Crippen LogP) is 2.77. The maximum atomic E-state index is 12.7. The maximum absolute atomic E-state index is 12.7. The van der Waals surface area contributed by atoms with Crippen molar-refractivity contribution in [2.45, 2.75) is 6.54 Å². The van der Waals surface area contributed by atoms with Crippen molar-refractivity contribution >= 4 is 28.3 Å². The second kappa shape index (κ2) is 4.68. The highest BCUT2D eigenvalue weighted by atomic mass is 35.5. The maximum Gasteiger partial charge on any atom is 0.197 e. The molecule has 2 aromatic heterocycles. The molecule has 0 radical (unpaired) electrons. The molecule has 0 atom stereocenters. The van der Waals surface area contributed by atoms with E-state index in [1.807, 2.05) is 16.8 Å². The van der Waals surface area contributed by atoms with E-state index in [1.165, 1.54) is 6.20 Å². The van der Waals surface area contributed by atoms with Gasteiger partial charge in [0.15, 0.2) is 5.78 Å². The lowest BCUT2D eigenvalue weighted by Crippen LogP contribution is -2.10. The number of fused-ring (bicyclic) bond motifs is 2. The van der Waals surface area contributed by atoms with Crippen LogP contribution in [0.15, 0.2) is 42.9 Å². The number of nitrogens with two attached hydrogens (primary N) is 1. The van der Waals surface area contributed by atoms with Crippen LogP contribution in [-0.2, 0) is 6.54 Å². The number of hydrogen-bond donors (Lipinski definition) is 1. The van der Waals surface area contributed by atoms with Crippen molar-refractivity contribution in [2.24, 2.45) is 5.73 Å². The van der Waals surface area contributed by atoms with Crippen molar-refractivity contribution in [3.8, 4) is 11.3 Å². The van der Waals surface area contributed by atoms with Crippen molar-refractivity contribution < 1.29 is 4.79 Å². The topological polar surface area (TPSA) is 73.8 Å². The van der Waals surface area contributed by atoms with Gasteiger partial charge >= 0.3 is 0 Å². The first kappa shape index (κ1) is 13.0. The van der Waals surface area contributed by atoms with E-state index < -0.39 is 0 Å². The van der Waals surface area contributed by atoms with E-state index in [2.05, 4.69) is 10.1 Å². The monoisotopic (exact) mass is 310 g/mol. The van der Waals surface area contributed by atoms with Gasteiger partial charge in [0.1, 0.15) is 5.69 Å². The van der Waals surface area contributed by atoms with Crippen LogP contribution in [-0.4, -0.2) is 20.5 Å². The van der Waals surface area contributed by atoms with Crippen molar-refractivity contribution in [3.63, 3.8) is 0 Å². The van der Waals surface area contributed by atoms with Gasteiger partial charge in [0, 0.05) is 23.3 Å². The van der Waals surface area contributed by atoms with Gasteiger partial charge in [-0.1, -0.05) is 11.6 Å². The summed E-state index contributed by atoms with van der Waals surface area (Å²) in [4.78, 5) is 16.8. The third-order valence-corrected chi connectivity index (χ3v) is 4.15. The Morgan fingerprint density at radius 1 is 1.27 bits per heavy atom. The molecule has 1 aromatic carbocycles. The molecule has 1 aliphatic carbocycles. The normalized spacial score (nSPS) is 13.0. The Kier molecular flexibility index (Phi) is 2.77. The van der Waals surface area contributed by atoms with E-state index in [9.17, 15) is 4.79 Å². The molecule has 6 heteroatoms. The van der Waals surface area contributed by atoms with Crippen molar-refractivity contribution in [2.75, 3.05) is 0 Å². The molecule has 2 heterocycles. The molecular formula is C16H11ClN4O. The van der Waals surface area contributed by atoms with Crippen LogP contribution in [0.4, 0.5) is 0 Å². The molecule has 0 bridgehead atoms. The van der Waals surface area contributed by atoms with Gasteiger partial charge in [-0.05, 0) is 30.5 Å². The van der Waals surface area contributed by atoms with Gasteiger partial charge in [-0.3, -0.25) is 14.5 Å². The predicted molar refractivity (Wildman–Crippen MR) is 84.7 cm³/mol. The minimum Gasteiger partial charge on any atom is -0.405 e. The minimum atomic E-state index is -0.111. The first-order valence-electron chi connectivity index (χ1n) is 6.77. The fourth-order valence-corrected chi connectivity index (χ4v) is 3.12. The average molecular weight is 311 g/mol. The standard InChI is InChI=1S/C16H11ClN4O/c17-11-2-3-12-14-13(11)16(22)10-8-19-6-4-9(10)15(14)20-21(12)7-1-5-18/h1-6,8H,7,18H2. The van der Waals surface area contributed by atoms with Crippen LogP contribution in [0.1, 0.15) is 15.9 Å². The molecule has 0 aliphatic heterocycles. The zero-order valence-corrected chi connectivity index (χ0v) is 12.2. The fraction of sp³-hybridized carbons (Fsp3) is 0.0625. The number of benzene rings is 1. The molecule has 0 saturated carbocycles. The largest absolute Gasteiger partial charge is 0.405 e. The summed E-state index contributed by atoms with van der Waals surface area (Å²) < 4.78 is 1.82. The molecule has 1 aliphatic rings. The molecule has 0 fully saturated rings. The zero-order chi connectivity index (χ0) is 15.3. The number of aromatic nitrogens is 3. The second-order valence-corrected chi connectivity index (χ2v) is 5.43. The summed E-state index contributed by atoms with van der Waals surface area (Å²) in [6.45, 7) is 0.530. The highest BCUT2D eigenvalue weighted by molar-refractivity contribution is 6.39. The van der Waals surface area contributed by atoms with Gasteiger partial charge in [-0.2, -0.15) is 5.10 Å². The Morgan fingerprint density at radius 2 is 2.14 bits per heavy atom. The number of ketones is 1.